The van der Waals surface area contributed by atoms with E-state index in [9.17, 15) is 9.50 Å². The summed E-state index contributed by atoms with van der Waals surface area (Å²) in [6.45, 7) is 12.8. The first-order valence-corrected chi connectivity index (χ1v) is 10.4. The number of hydrogen-bond donors (Lipinski definition) is 1. The SMILES string of the molecule is CCC(C)(Pc1ccc(F)cc1C=NC)c1cc(C)cc(C(C)(C)C)c1O. The second-order valence-corrected chi connectivity index (χ2v) is 10.3. The van der Waals surface area contributed by atoms with Crippen LogP contribution in [0.4, 0.5) is 4.39 Å². The molecule has 2 rings (SSSR count). The van der Waals surface area contributed by atoms with Crippen LogP contribution in [-0.2, 0) is 10.6 Å². The van der Waals surface area contributed by atoms with Crippen molar-refractivity contribution in [3.63, 3.8) is 0 Å². The Hall–Kier alpha value is -1.73. The van der Waals surface area contributed by atoms with Gasteiger partial charge in [0.2, 0.25) is 0 Å². The molecule has 4 heteroatoms. The van der Waals surface area contributed by atoms with Gasteiger partial charge in [0.25, 0.3) is 0 Å². The predicted molar refractivity (Wildman–Crippen MR) is 117 cm³/mol. The number of phenolic OH excluding ortho intramolecular Hbond substituents is 1. The number of aryl methyl sites for hydroxylation is 1. The number of nitrogens with zero attached hydrogens (tertiary/aromatic N) is 1. The molecule has 0 amide bonds. The number of benzene rings is 2. The van der Waals surface area contributed by atoms with Crippen molar-refractivity contribution >= 4 is 20.1 Å². The van der Waals surface area contributed by atoms with Crippen molar-refractivity contribution in [3.05, 3.63) is 58.4 Å². The van der Waals surface area contributed by atoms with Crippen LogP contribution in [0, 0.1) is 12.7 Å². The summed E-state index contributed by atoms with van der Waals surface area (Å²) in [6, 6.07) is 9.05. The fourth-order valence-corrected chi connectivity index (χ4v) is 4.85. The Bertz CT molecular complexity index is 854. The lowest BCUT2D eigenvalue weighted by Crippen LogP contribution is -2.22. The molecule has 2 aromatic carbocycles. The van der Waals surface area contributed by atoms with Gasteiger partial charge < -0.3 is 5.11 Å². The third-order valence-corrected chi connectivity index (χ3v) is 6.96. The summed E-state index contributed by atoms with van der Waals surface area (Å²) in [5.74, 6) is 0.128. The lowest BCUT2D eigenvalue weighted by molar-refractivity contribution is 0.430. The molecule has 0 aliphatic carbocycles. The lowest BCUT2D eigenvalue weighted by atomic mass is 9.82. The van der Waals surface area contributed by atoms with Crippen LogP contribution in [0.25, 0.3) is 0 Å². The van der Waals surface area contributed by atoms with Crippen LogP contribution >= 0.6 is 8.58 Å². The molecule has 2 aromatic rings. The third kappa shape index (κ3) is 4.76. The molecule has 0 saturated heterocycles. The van der Waals surface area contributed by atoms with Gasteiger partial charge in [0.05, 0.1) is 0 Å². The quantitative estimate of drug-likeness (QED) is 0.509. The van der Waals surface area contributed by atoms with E-state index in [0.717, 1.165) is 34.0 Å². The van der Waals surface area contributed by atoms with E-state index in [-0.39, 0.29) is 16.4 Å². The highest BCUT2D eigenvalue weighted by molar-refractivity contribution is 7.48. The van der Waals surface area contributed by atoms with Gasteiger partial charge in [-0.2, -0.15) is 0 Å². The summed E-state index contributed by atoms with van der Waals surface area (Å²) >= 11 is 0. The van der Waals surface area contributed by atoms with Gasteiger partial charge >= 0.3 is 0 Å². The molecule has 0 aliphatic heterocycles. The van der Waals surface area contributed by atoms with Gasteiger partial charge in [-0.1, -0.05) is 67.0 Å². The highest BCUT2D eigenvalue weighted by Crippen LogP contribution is 2.49. The summed E-state index contributed by atoms with van der Waals surface area (Å²) in [4.78, 5) is 4.08. The average molecular weight is 387 g/mol. The van der Waals surface area contributed by atoms with Gasteiger partial charge in [0.1, 0.15) is 11.6 Å². The molecule has 2 unspecified atom stereocenters. The van der Waals surface area contributed by atoms with E-state index in [0.29, 0.717) is 14.3 Å². The minimum Gasteiger partial charge on any atom is -0.507 e. The van der Waals surface area contributed by atoms with Crippen molar-refractivity contribution in [2.45, 2.75) is 58.5 Å². The second-order valence-electron chi connectivity index (χ2n) is 8.39. The maximum absolute atomic E-state index is 13.7. The summed E-state index contributed by atoms with van der Waals surface area (Å²) in [5, 5.41) is 11.9. The number of aliphatic imine (C=N–C) groups is 1. The zero-order valence-electron chi connectivity index (χ0n) is 17.4. The lowest BCUT2D eigenvalue weighted by Gasteiger charge is -2.33. The molecule has 27 heavy (non-hydrogen) atoms. The molecule has 146 valence electrons. The van der Waals surface area contributed by atoms with Crippen molar-refractivity contribution < 1.29 is 9.50 Å². The second kappa shape index (κ2) is 8.10. The van der Waals surface area contributed by atoms with Gasteiger partial charge in [-0.25, -0.2) is 4.39 Å². The Morgan fingerprint density at radius 1 is 1.11 bits per heavy atom. The highest BCUT2D eigenvalue weighted by Gasteiger charge is 2.32. The van der Waals surface area contributed by atoms with Gasteiger partial charge in [0.15, 0.2) is 0 Å². The predicted octanol–water partition coefficient (Wildman–Crippen LogP) is 5.82. The average Bonchev–Trinajstić information content (AvgIpc) is 2.58. The molecule has 0 saturated carbocycles. The maximum atomic E-state index is 13.7. The molecular weight excluding hydrogens is 356 g/mol. The van der Waals surface area contributed by atoms with E-state index < -0.39 is 0 Å². The number of phenols is 1. The number of halogens is 1. The minimum absolute atomic E-state index is 0.140. The molecule has 0 fully saturated rings. The van der Waals surface area contributed by atoms with Crippen molar-refractivity contribution in [2.24, 2.45) is 4.99 Å². The van der Waals surface area contributed by atoms with Crippen LogP contribution < -0.4 is 5.30 Å². The molecule has 2 atom stereocenters. The third-order valence-electron chi connectivity index (χ3n) is 5.06. The van der Waals surface area contributed by atoms with E-state index in [4.69, 9.17) is 0 Å². The zero-order valence-corrected chi connectivity index (χ0v) is 18.4. The molecule has 0 aromatic heterocycles. The Morgan fingerprint density at radius 3 is 2.30 bits per heavy atom. The van der Waals surface area contributed by atoms with Crippen molar-refractivity contribution in [3.8, 4) is 5.75 Å². The van der Waals surface area contributed by atoms with E-state index in [1.54, 1.807) is 13.3 Å². The smallest absolute Gasteiger partial charge is 0.123 e. The minimum atomic E-state index is -0.259. The summed E-state index contributed by atoms with van der Waals surface area (Å²) in [7, 11) is 2.08. The monoisotopic (exact) mass is 387 g/mol. The van der Waals surface area contributed by atoms with E-state index in [2.05, 4.69) is 58.7 Å². The number of hydrogen-bond acceptors (Lipinski definition) is 2. The van der Waals surface area contributed by atoms with Crippen LogP contribution in [-0.4, -0.2) is 18.4 Å². The summed E-state index contributed by atoms with van der Waals surface area (Å²) in [6.07, 6.45) is 2.57. The van der Waals surface area contributed by atoms with Gasteiger partial charge in [-0.3, -0.25) is 4.99 Å². The highest BCUT2D eigenvalue weighted by atomic mass is 31.1. The standard InChI is InChI=1S/C23H31FNOP/c1-8-23(6,27-20-10-9-17(24)13-16(20)14-25-7)19-12-15(2)11-18(21(19)26)22(3,4)5/h9-14,26-27H,8H2,1-7H3. The molecule has 2 nitrogen and oxygen atoms in total. The van der Waals surface area contributed by atoms with Crippen molar-refractivity contribution in [1.29, 1.82) is 0 Å². The maximum Gasteiger partial charge on any atom is 0.123 e. The zero-order chi connectivity index (χ0) is 20.4. The Kier molecular flexibility index (Phi) is 6.47. The van der Waals surface area contributed by atoms with Gasteiger partial charge in [-0.05, 0) is 41.8 Å². The van der Waals surface area contributed by atoms with Crippen LogP contribution in [0.5, 0.6) is 5.75 Å². The topological polar surface area (TPSA) is 32.6 Å². The first-order chi connectivity index (χ1) is 12.5. The van der Waals surface area contributed by atoms with Crippen molar-refractivity contribution in [1.82, 2.24) is 0 Å². The van der Waals surface area contributed by atoms with E-state index in [1.807, 2.05) is 6.07 Å². The normalized spacial score (nSPS) is 15.0. The van der Waals surface area contributed by atoms with Crippen LogP contribution in [0.15, 0.2) is 35.3 Å². The van der Waals surface area contributed by atoms with Gasteiger partial charge in [-0.15, -0.1) is 0 Å². The molecule has 0 heterocycles. The van der Waals surface area contributed by atoms with Crippen molar-refractivity contribution in [2.75, 3.05) is 7.05 Å². The molecule has 1 N–H and O–H groups in total. The number of rotatable bonds is 5. The first-order valence-electron chi connectivity index (χ1n) is 9.36. The molecular formula is C23H31FNOP. The van der Waals surface area contributed by atoms with E-state index in [1.165, 1.54) is 12.1 Å². The molecule has 0 spiro atoms. The summed E-state index contributed by atoms with van der Waals surface area (Å²) < 4.78 is 13.7. The fourth-order valence-electron chi connectivity index (χ4n) is 3.31. The molecule has 0 bridgehead atoms. The first kappa shape index (κ1) is 21.6. The van der Waals surface area contributed by atoms with E-state index >= 15 is 0 Å². The largest absolute Gasteiger partial charge is 0.507 e. The Balaban J connectivity index is 2.61. The fraction of sp³-hybridized carbons (Fsp3) is 0.435. The molecule has 0 radical (unpaired) electrons. The Labute approximate surface area is 164 Å². The van der Waals surface area contributed by atoms with Gasteiger partial charge in [0, 0.05) is 29.5 Å². The molecule has 0 aliphatic rings. The van der Waals surface area contributed by atoms with Crippen LogP contribution in [0.2, 0.25) is 0 Å². The van der Waals surface area contributed by atoms with Crippen LogP contribution in [0.3, 0.4) is 0 Å². The Morgan fingerprint density at radius 2 is 1.74 bits per heavy atom. The van der Waals surface area contributed by atoms with Crippen LogP contribution in [0.1, 0.15) is 63.3 Å². The summed E-state index contributed by atoms with van der Waals surface area (Å²) in [5.41, 5.74) is 3.75. The number of aromatic hydroxyl groups is 1.